The zero-order valence-corrected chi connectivity index (χ0v) is 11.0. The lowest BCUT2D eigenvalue weighted by Gasteiger charge is -2.08. The first-order valence-corrected chi connectivity index (χ1v) is 6.24. The summed E-state index contributed by atoms with van der Waals surface area (Å²) in [6.07, 6.45) is 4.46. The smallest absolute Gasteiger partial charge is 0.163 e. The Bertz CT molecular complexity index is 513. The standard InChI is InChI=1S/C14H18N4O/c1-19-13-6-3-2-5-12(13)14-17-9-11(10-18-14)16-8-4-7-15/h2-3,5-6,9-10,16H,4,7-8,15H2,1H3. The molecule has 2 rings (SSSR count). The SMILES string of the molecule is COc1ccccc1-c1ncc(NCCCN)cn1. The summed E-state index contributed by atoms with van der Waals surface area (Å²) in [5.74, 6) is 1.42. The number of ether oxygens (including phenoxy) is 1. The van der Waals surface area contributed by atoms with Crippen LogP contribution in [0.1, 0.15) is 6.42 Å². The molecular formula is C14H18N4O. The largest absolute Gasteiger partial charge is 0.496 e. The minimum Gasteiger partial charge on any atom is -0.496 e. The number of rotatable bonds is 6. The van der Waals surface area contributed by atoms with E-state index in [1.165, 1.54) is 0 Å². The van der Waals surface area contributed by atoms with Gasteiger partial charge in [0.2, 0.25) is 0 Å². The fourth-order valence-electron chi connectivity index (χ4n) is 1.72. The van der Waals surface area contributed by atoms with E-state index in [1.54, 1.807) is 19.5 Å². The maximum absolute atomic E-state index is 5.44. The Morgan fingerprint density at radius 2 is 1.95 bits per heavy atom. The van der Waals surface area contributed by atoms with Crippen LogP contribution in [-0.4, -0.2) is 30.2 Å². The Kier molecular flexibility index (Phi) is 4.69. The van der Waals surface area contributed by atoms with Crippen molar-refractivity contribution in [1.29, 1.82) is 0 Å². The van der Waals surface area contributed by atoms with Crippen molar-refractivity contribution >= 4 is 5.69 Å². The maximum atomic E-state index is 5.44. The van der Waals surface area contributed by atoms with Crippen molar-refractivity contribution in [2.24, 2.45) is 5.73 Å². The predicted octanol–water partition coefficient (Wildman–Crippen LogP) is 1.91. The number of nitrogens with two attached hydrogens (primary N) is 1. The molecule has 0 aliphatic rings. The average molecular weight is 258 g/mol. The molecule has 0 amide bonds. The molecule has 0 atom stereocenters. The molecule has 0 unspecified atom stereocenters. The van der Waals surface area contributed by atoms with Crippen LogP contribution >= 0.6 is 0 Å². The summed E-state index contributed by atoms with van der Waals surface area (Å²) in [6.45, 7) is 1.50. The molecule has 1 aromatic carbocycles. The highest BCUT2D eigenvalue weighted by Crippen LogP contribution is 2.26. The third-order valence-corrected chi connectivity index (χ3v) is 2.71. The lowest BCUT2D eigenvalue weighted by Crippen LogP contribution is -2.08. The van der Waals surface area contributed by atoms with Crippen molar-refractivity contribution in [3.05, 3.63) is 36.7 Å². The Balaban J connectivity index is 2.13. The first kappa shape index (κ1) is 13.3. The number of para-hydroxylation sites is 1. The van der Waals surface area contributed by atoms with Gasteiger partial charge < -0.3 is 15.8 Å². The van der Waals surface area contributed by atoms with Crippen LogP contribution in [0.5, 0.6) is 5.75 Å². The van der Waals surface area contributed by atoms with Gasteiger partial charge in [0, 0.05) is 6.54 Å². The van der Waals surface area contributed by atoms with Gasteiger partial charge in [-0.25, -0.2) is 9.97 Å². The van der Waals surface area contributed by atoms with Gasteiger partial charge in [-0.2, -0.15) is 0 Å². The van der Waals surface area contributed by atoms with Gasteiger partial charge in [0.05, 0.1) is 30.8 Å². The molecule has 19 heavy (non-hydrogen) atoms. The van der Waals surface area contributed by atoms with Crippen molar-refractivity contribution < 1.29 is 4.74 Å². The Morgan fingerprint density at radius 1 is 1.21 bits per heavy atom. The van der Waals surface area contributed by atoms with E-state index in [1.807, 2.05) is 24.3 Å². The number of benzene rings is 1. The monoisotopic (exact) mass is 258 g/mol. The van der Waals surface area contributed by atoms with Crippen LogP contribution in [0, 0.1) is 0 Å². The van der Waals surface area contributed by atoms with Crippen molar-refractivity contribution in [3.8, 4) is 17.1 Å². The van der Waals surface area contributed by atoms with Crippen LogP contribution in [0.15, 0.2) is 36.7 Å². The Morgan fingerprint density at radius 3 is 2.63 bits per heavy atom. The van der Waals surface area contributed by atoms with Crippen LogP contribution in [0.4, 0.5) is 5.69 Å². The van der Waals surface area contributed by atoms with Crippen LogP contribution in [0.2, 0.25) is 0 Å². The van der Waals surface area contributed by atoms with Crippen molar-refractivity contribution in [3.63, 3.8) is 0 Å². The molecule has 0 saturated carbocycles. The van der Waals surface area contributed by atoms with Gasteiger partial charge in [-0.05, 0) is 25.1 Å². The number of methoxy groups -OCH3 is 1. The number of nitrogens with one attached hydrogen (secondary N) is 1. The molecule has 3 N–H and O–H groups in total. The molecule has 0 fully saturated rings. The van der Waals surface area contributed by atoms with Gasteiger partial charge in [-0.1, -0.05) is 12.1 Å². The fourth-order valence-corrected chi connectivity index (χ4v) is 1.72. The Labute approximate surface area is 112 Å². The number of anilines is 1. The summed E-state index contributed by atoms with van der Waals surface area (Å²) < 4.78 is 5.30. The minimum atomic E-state index is 0.654. The molecule has 0 aliphatic carbocycles. The summed E-state index contributed by atoms with van der Waals surface area (Å²) in [5.41, 5.74) is 7.22. The second kappa shape index (κ2) is 6.70. The van der Waals surface area contributed by atoms with Gasteiger partial charge in [-0.15, -0.1) is 0 Å². The lowest BCUT2D eigenvalue weighted by molar-refractivity contribution is 0.416. The normalized spacial score (nSPS) is 10.2. The predicted molar refractivity (Wildman–Crippen MR) is 76.2 cm³/mol. The molecule has 2 aromatic rings. The summed E-state index contributed by atoms with van der Waals surface area (Å²) in [7, 11) is 1.64. The first-order valence-electron chi connectivity index (χ1n) is 6.24. The van der Waals surface area contributed by atoms with E-state index in [-0.39, 0.29) is 0 Å². The van der Waals surface area contributed by atoms with E-state index in [0.717, 1.165) is 30.0 Å². The van der Waals surface area contributed by atoms with E-state index in [4.69, 9.17) is 10.5 Å². The number of nitrogens with zero attached hydrogens (tertiary/aromatic N) is 2. The zero-order chi connectivity index (χ0) is 13.5. The van der Waals surface area contributed by atoms with Gasteiger partial charge >= 0.3 is 0 Å². The van der Waals surface area contributed by atoms with E-state index in [2.05, 4.69) is 15.3 Å². The fraction of sp³-hybridized carbons (Fsp3) is 0.286. The molecule has 0 bridgehead atoms. The topological polar surface area (TPSA) is 73.1 Å². The van der Waals surface area contributed by atoms with Crippen molar-refractivity contribution in [2.45, 2.75) is 6.42 Å². The number of hydrogen-bond acceptors (Lipinski definition) is 5. The van der Waals surface area contributed by atoms with Crippen LogP contribution < -0.4 is 15.8 Å². The molecule has 100 valence electrons. The van der Waals surface area contributed by atoms with Crippen molar-refractivity contribution in [1.82, 2.24) is 9.97 Å². The maximum Gasteiger partial charge on any atom is 0.163 e. The summed E-state index contributed by atoms with van der Waals surface area (Å²) in [4.78, 5) is 8.70. The van der Waals surface area contributed by atoms with E-state index in [0.29, 0.717) is 12.4 Å². The number of hydrogen-bond donors (Lipinski definition) is 2. The van der Waals surface area contributed by atoms with Gasteiger partial charge in [0.15, 0.2) is 5.82 Å². The van der Waals surface area contributed by atoms with Crippen LogP contribution in [0.25, 0.3) is 11.4 Å². The molecule has 1 aromatic heterocycles. The Hall–Kier alpha value is -2.14. The quantitative estimate of drug-likeness (QED) is 0.774. The summed E-state index contributed by atoms with van der Waals surface area (Å²) in [6, 6.07) is 7.70. The van der Waals surface area contributed by atoms with Gasteiger partial charge in [0.25, 0.3) is 0 Å². The molecule has 5 nitrogen and oxygen atoms in total. The molecular weight excluding hydrogens is 240 g/mol. The van der Waals surface area contributed by atoms with E-state index in [9.17, 15) is 0 Å². The molecule has 0 spiro atoms. The van der Waals surface area contributed by atoms with Crippen LogP contribution in [0.3, 0.4) is 0 Å². The lowest BCUT2D eigenvalue weighted by atomic mass is 10.2. The highest BCUT2D eigenvalue weighted by molar-refractivity contribution is 5.64. The van der Waals surface area contributed by atoms with E-state index < -0.39 is 0 Å². The first-order chi connectivity index (χ1) is 9.35. The minimum absolute atomic E-state index is 0.654. The second-order valence-electron chi connectivity index (χ2n) is 4.06. The highest BCUT2D eigenvalue weighted by atomic mass is 16.5. The molecule has 0 aliphatic heterocycles. The zero-order valence-electron chi connectivity index (χ0n) is 11.0. The molecule has 5 heteroatoms. The van der Waals surface area contributed by atoms with Crippen LogP contribution in [-0.2, 0) is 0 Å². The third-order valence-electron chi connectivity index (χ3n) is 2.71. The third kappa shape index (κ3) is 3.42. The molecule has 0 radical (unpaired) electrons. The van der Waals surface area contributed by atoms with Gasteiger partial charge in [0.1, 0.15) is 5.75 Å². The average Bonchev–Trinajstić information content (AvgIpc) is 2.48. The molecule has 0 saturated heterocycles. The van der Waals surface area contributed by atoms with Crippen molar-refractivity contribution in [2.75, 3.05) is 25.5 Å². The van der Waals surface area contributed by atoms with E-state index >= 15 is 0 Å². The van der Waals surface area contributed by atoms with Gasteiger partial charge in [-0.3, -0.25) is 0 Å². The molecule has 1 heterocycles. The number of aromatic nitrogens is 2. The highest BCUT2D eigenvalue weighted by Gasteiger charge is 2.07. The summed E-state index contributed by atoms with van der Waals surface area (Å²) in [5, 5.41) is 3.22. The second-order valence-corrected chi connectivity index (χ2v) is 4.06. The summed E-state index contributed by atoms with van der Waals surface area (Å²) >= 11 is 0.